The average Bonchev–Trinajstić information content (AvgIpc) is 3.68. The Bertz CT molecular complexity index is 1180. The Morgan fingerprint density at radius 1 is 0.857 bits per heavy atom. The molecule has 2 amide bonds. The van der Waals surface area contributed by atoms with Crippen LogP contribution in [0.1, 0.15) is 22.3 Å². The van der Waals surface area contributed by atoms with Gasteiger partial charge in [-0.1, -0.05) is 42.5 Å². The lowest BCUT2D eigenvalue weighted by Crippen LogP contribution is -2.40. The van der Waals surface area contributed by atoms with Crippen molar-refractivity contribution in [2.24, 2.45) is 35.5 Å². The number of ketones is 1. The monoisotopic (exact) mass is 471 g/mol. The minimum atomic E-state index is -0.757. The molecule has 0 aromatic heterocycles. The van der Waals surface area contributed by atoms with E-state index < -0.39 is 19.1 Å². The second-order valence-electron chi connectivity index (χ2n) is 9.80. The molecule has 1 heterocycles. The molecule has 7 rings (SSSR count). The summed E-state index contributed by atoms with van der Waals surface area (Å²) in [6, 6.07) is 16.3. The Labute approximate surface area is 202 Å². The van der Waals surface area contributed by atoms with Gasteiger partial charge in [0.1, 0.15) is 18.9 Å². The van der Waals surface area contributed by atoms with Gasteiger partial charge in [0.25, 0.3) is 0 Å². The van der Waals surface area contributed by atoms with Crippen molar-refractivity contribution in [2.45, 2.75) is 13.0 Å². The molecule has 1 saturated heterocycles. The number of hydrogen-bond acceptors (Lipinski definition) is 6. The Hall–Kier alpha value is -3.74. The van der Waals surface area contributed by atoms with E-state index in [0.717, 1.165) is 16.9 Å². The zero-order valence-electron chi connectivity index (χ0n) is 19.0. The third-order valence-corrected chi connectivity index (χ3v) is 7.83. The second-order valence-corrected chi connectivity index (χ2v) is 9.80. The van der Waals surface area contributed by atoms with Crippen molar-refractivity contribution in [3.05, 3.63) is 77.9 Å². The van der Waals surface area contributed by atoms with Crippen molar-refractivity contribution in [1.82, 2.24) is 4.90 Å². The first-order valence-electron chi connectivity index (χ1n) is 12.0. The minimum absolute atomic E-state index is 0.105. The van der Waals surface area contributed by atoms with Gasteiger partial charge in [-0.05, 0) is 59.9 Å². The first kappa shape index (κ1) is 21.8. The number of benzene rings is 2. The van der Waals surface area contributed by atoms with Gasteiger partial charge in [0.05, 0.1) is 11.8 Å². The maximum Gasteiger partial charge on any atom is 0.326 e. The van der Waals surface area contributed by atoms with Gasteiger partial charge in [0, 0.05) is 5.56 Å². The van der Waals surface area contributed by atoms with Crippen molar-refractivity contribution in [2.75, 3.05) is 13.2 Å². The molecule has 7 heteroatoms. The highest BCUT2D eigenvalue weighted by Gasteiger charge is 2.67. The van der Waals surface area contributed by atoms with E-state index >= 15 is 0 Å². The number of imide groups is 1. The summed E-state index contributed by atoms with van der Waals surface area (Å²) in [5.74, 6) is -0.548. The van der Waals surface area contributed by atoms with Gasteiger partial charge < -0.3 is 9.47 Å². The highest BCUT2D eigenvalue weighted by atomic mass is 16.5. The fraction of sp³-hybridized carbons (Fsp3) is 0.357. The smallest absolute Gasteiger partial charge is 0.326 e. The Balaban J connectivity index is 1.01. The summed E-state index contributed by atoms with van der Waals surface area (Å²) in [5.41, 5.74) is 1.42. The fourth-order valence-corrected chi connectivity index (χ4v) is 6.06. The van der Waals surface area contributed by atoms with E-state index in [1.807, 2.05) is 30.3 Å². The zero-order chi connectivity index (χ0) is 24.1. The van der Waals surface area contributed by atoms with Crippen molar-refractivity contribution >= 4 is 23.6 Å². The van der Waals surface area contributed by atoms with Crippen LogP contribution >= 0.6 is 0 Å². The minimum Gasteiger partial charge on any atom is -0.489 e. The van der Waals surface area contributed by atoms with Gasteiger partial charge in [-0.25, -0.2) is 0 Å². The van der Waals surface area contributed by atoms with Crippen LogP contribution < -0.4 is 4.74 Å². The number of carbonyl (C=O) groups is 4. The molecule has 2 saturated carbocycles. The third-order valence-electron chi connectivity index (χ3n) is 7.83. The molecule has 0 N–H and O–H groups in total. The van der Waals surface area contributed by atoms with E-state index in [4.69, 9.17) is 9.47 Å². The molecule has 178 valence electrons. The first-order valence-corrected chi connectivity index (χ1v) is 12.0. The van der Waals surface area contributed by atoms with Crippen LogP contribution in [0.25, 0.3) is 0 Å². The predicted molar refractivity (Wildman–Crippen MR) is 124 cm³/mol. The van der Waals surface area contributed by atoms with Crippen LogP contribution in [0.4, 0.5) is 0 Å². The average molecular weight is 472 g/mol. The number of nitrogens with zero attached hydrogens (tertiary/aromatic N) is 1. The molecule has 5 aliphatic rings. The highest BCUT2D eigenvalue weighted by molar-refractivity contribution is 6.08. The third kappa shape index (κ3) is 3.85. The van der Waals surface area contributed by atoms with Crippen molar-refractivity contribution in [3.63, 3.8) is 0 Å². The zero-order valence-corrected chi connectivity index (χ0v) is 19.0. The molecule has 7 nitrogen and oxygen atoms in total. The Kier molecular flexibility index (Phi) is 5.28. The Morgan fingerprint density at radius 2 is 1.49 bits per heavy atom. The normalized spacial score (nSPS) is 29.5. The summed E-state index contributed by atoms with van der Waals surface area (Å²) < 4.78 is 10.8. The molecular weight excluding hydrogens is 446 g/mol. The van der Waals surface area contributed by atoms with Crippen LogP contribution in [0.5, 0.6) is 5.75 Å². The summed E-state index contributed by atoms with van der Waals surface area (Å²) in [7, 11) is 0. The van der Waals surface area contributed by atoms with Gasteiger partial charge in [-0.2, -0.15) is 0 Å². The molecule has 35 heavy (non-hydrogen) atoms. The van der Waals surface area contributed by atoms with Crippen molar-refractivity contribution in [3.8, 4) is 5.75 Å². The predicted octanol–water partition coefficient (Wildman–Crippen LogP) is 3.04. The van der Waals surface area contributed by atoms with Crippen LogP contribution in [0.3, 0.4) is 0 Å². The number of hydrogen-bond donors (Lipinski definition) is 0. The van der Waals surface area contributed by atoms with E-state index in [0.29, 0.717) is 29.8 Å². The molecule has 2 bridgehead atoms. The highest BCUT2D eigenvalue weighted by Crippen LogP contribution is 2.65. The number of Topliss-reactive ketones (excluding diaryl/α,β-unsaturated/α-hetero) is 1. The molecule has 0 radical (unpaired) electrons. The van der Waals surface area contributed by atoms with Gasteiger partial charge in [0.15, 0.2) is 12.4 Å². The molecule has 2 aromatic rings. The van der Waals surface area contributed by atoms with Crippen LogP contribution in [0.15, 0.2) is 66.7 Å². The summed E-state index contributed by atoms with van der Waals surface area (Å²) in [5, 5.41) is 0. The molecule has 0 unspecified atom stereocenters. The van der Waals surface area contributed by atoms with E-state index in [-0.39, 0.29) is 41.3 Å². The molecule has 0 spiro atoms. The molecular formula is C28H25NO6. The van der Waals surface area contributed by atoms with Gasteiger partial charge >= 0.3 is 5.97 Å². The largest absolute Gasteiger partial charge is 0.489 e. The van der Waals surface area contributed by atoms with Crippen LogP contribution in [-0.4, -0.2) is 41.6 Å². The standard InChI is InChI=1S/C28H25NO6/c30-23(17-6-8-18(9-7-17)34-14-16-4-2-1-3-5-16)15-35-24(31)13-29-27(32)25-19-10-11-20(22-12-21(19)22)26(25)28(29)33/h1-11,19-22,25-26H,12-15H2/t19-,20+,21-,22-,25+,26+/m1/s1. The lowest BCUT2D eigenvalue weighted by atomic mass is 9.63. The van der Waals surface area contributed by atoms with Gasteiger partial charge in [-0.3, -0.25) is 24.1 Å². The van der Waals surface area contributed by atoms with E-state index in [9.17, 15) is 19.2 Å². The van der Waals surface area contributed by atoms with Crippen LogP contribution in [-0.2, 0) is 25.7 Å². The number of carbonyl (C=O) groups excluding carboxylic acids is 4. The number of likely N-dealkylation sites (tertiary alicyclic amines) is 1. The van der Waals surface area contributed by atoms with Crippen molar-refractivity contribution in [1.29, 1.82) is 0 Å². The number of rotatable bonds is 8. The van der Waals surface area contributed by atoms with Gasteiger partial charge in [0.2, 0.25) is 11.8 Å². The molecule has 6 atom stereocenters. The maximum atomic E-state index is 13.0. The molecule has 1 aliphatic heterocycles. The SMILES string of the molecule is O=C(CN1C(=O)[C@H]2[C@@H]3C=C[C@@H]([C@H]4C[C@H]34)[C@@H]2C1=O)OCC(=O)c1ccc(OCc2ccccc2)cc1. The first-order chi connectivity index (χ1) is 17.0. The Morgan fingerprint density at radius 3 is 2.11 bits per heavy atom. The lowest BCUT2D eigenvalue weighted by molar-refractivity contribution is -0.152. The molecule has 3 fully saturated rings. The topological polar surface area (TPSA) is 90.0 Å². The summed E-state index contributed by atoms with van der Waals surface area (Å²) in [6.07, 6.45) is 5.26. The maximum absolute atomic E-state index is 13.0. The molecule has 2 aromatic carbocycles. The van der Waals surface area contributed by atoms with Crippen LogP contribution in [0, 0.1) is 35.5 Å². The van der Waals surface area contributed by atoms with Crippen LogP contribution in [0.2, 0.25) is 0 Å². The number of amides is 2. The van der Waals surface area contributed by atoms with Crippen molar-refractivity contribution < 1.29 is 28.7 Å². The number of ether oxygens (including phenoxy) is 2. The van der Waals surface area contributed by atoms with E-state index in [1.54, 1.807) is 24.3 Å². The second kappa shape index (κ2) is 8.48. The van der Waals surface area contributed by atoms with Gasteiger partial charge in [-0.15, -0.1) is 0 Å². The molecule has 4 aliphatic carbocycles. The number of esters is 1. The summed E-state index contributed by atoms with van der Waals surface area (Å²) in [4.78, 5) is 51.8. The fourth-order valence-electron chi connectivity index (χ4n) is 6.06. The summed E-state index contributed by atoms with van der Waals surface area (Å²) >= 11 is 0. The lowest BCUT2D eigenvalue weighted by Gasteiger charge is -2.37. The van der Waals surface area contributed by atoms with E-state index in [1.165, 1.54) is 0 Å². The quantitative estimate of drug-likeness (QED) is 0.254. The summed E-state index contributed by atoms with van der Waals surface area (Å²) in [6.45, 7) is -0.484. The number of allylic oxidation sites excluding steroid dienone is 2. The van der Waals surface area contributed by atoms with E-state index in [2.05, 4.69) is 12.2 Å².